The maximum absolute atomic E-state index is 8.53. The summed E-state index contributed by atoms with van der Waals surface area (Å²) in [5.74, 6) is 1.22. The van der Waals surface area contributed by atoms with E-state index in [9.17, 15) is 0 Å². The van der Waals surface area contributed by atoms with Gasteiger partial charge in [0.1, 0.15) is 17.5 Å². The summed E-state index contributed by atoms with van der Waals surface area (Å²) in [5, 5.41) is 71.0. The van der Waals surface area contributed by atoms with Gasteiger partial charge < -0.3 is 48.8 Å². The molecule has 0 bridgehead atoms. The quantitative estimate of drug-likeness (QED) is 0.0495. The Bertz CT molecular complexity index is 1250. The van der Waals surface area contributed by atoms with Crippen LogP contribution in [-0.2, 0) is 33.0 Å². The standard InChI is InChI=1S/2C10H18N5O.C10H16N5O.2Ni/c3*1-7(8(2)15-16)13-14-10(11)9-5-3-4-6-12-9;;/h2*9,16H,3-6H2,1-2H3,(H2,11,14);3,5,9,16H,4,6H2,1-2H3,(H2,11,14);;/q3*-1;+2;+3. The molecule has 3 aliphatic heterocycles. The number of nitrogens with two attached hydrogens (primary N) is 3. The predicted molar refractivity (Wildman–Crippen MR) is 196 cm³/mol. The van der Waals surface area contributed by atoms with Crippen molar-refractivity contribution < 1.29 is 48.6 Å². The maximum Gasteiger partial charge on any atom is 3.00 e. The number of hydrogen-bond acceptors (Lipinski definition) is 12. The first-order valence-corrected chi connectivity index (χ1v) is 15.8. The van der Waals surface area contributed by atoms with Gasteiger partial charge in [-0.25, -0.2) is 0 Å². The third-order valence-corrected chi connectivity index (χ3v) is 7.36. The zero-order chi connectivity index (χ0) is 35.9. The number of amidine groups is 3. The Morgan fingerprint density at radius 3 is 1.22 bits per heavy atom. The molecule has 9 N–H and O–H groups in total. The summed E-state index contributed by atoms with van der Waals surface area (Å²) in [6.07, 6.45) is 11.3. The second-order valence-corrected chi connectivity index (χ2v) is 11.1. The number of rotatable bonds is 9. The normalized spacial score (nSPS) is 23.3. The van der Waals surface area contributed by atoms with E-state index in [0.29, 0.717) is 51.8 Å². The molecule has 0 aromatic rings. The molecule has 0 aliphatic carbocycles. The van der Waals surface area contributed by atoms with Crippen LogP contribution in [0.2, 0.25) is 0 Å². The van der Waals surface area contributed by atoms with Crippen molar-refractivity contribution >= 4 is 51.8 Å². The molecule has 0 saturated carbocycles. The Balaban J connectivity index is 0. The van der Waals surface area contributed by atoms with Gasteiger partial charge in [-0.3, -0.25) is 0 Å². The van der Waals surface area contributed by atoms with E-state index < -0.39 is 0 Å². The van der Waals surface area contributed by atoms with Gasteiger partial charge in [0.05, 0.1) is 34.3 Å². The van der Waals surface area contributed by atoms with E-state index in [-0.39, 0.29) is 51.1 Å². The predicted octanol–water partition coefficient (Wildman–Crippen LogP) is 4.26. The Kier molecular flexibility index (Phi) is 27.4. The average Bonchev–Trinajstić information content (AvgIpc) is 3.14. The van der Waals surface area contributed by atoms with Gasteiger partial charge in [0.2, 0.25) is 0 Å². The summed E-state index contributed by atoms with van der Waals surface area (Å²) in [4.78, 5) is 0. The van der Waals surface area contributed by atoms with Crippen molar-refractivity contribution in [3.05, 3.63) is 28.1 Å². The van der Waals surface area contributed by atoms with Crippen molar-refractivity contribution in [2.24, 2.45) is 63.3 Å². The molecule has 0 spiro atoms. The van der Waals surface area contributed by atoms with Crippen LogP contribution in [0.1, 0.15) is 86.5 Å². The van der Waals surface area contributed by atoms with Gasteiger partial charge >= 0.3 is 33.0 Å². The number of nitrogens with zero attached hydrogens (tertiary/aromatic N) is 12. The first-order chi connectivity index (χ1) is 22.9. The molecule has 2 fully saturated rings. The van der Waals surface area contributed by atoms with Gasteiger partial charge in [-0.1, -0.05) is 90.7 Å². The Hall–Kier alpha value is -3.56. The van der Waals surface area contributed by atoms with Crippen molar-refractivity contribution in [3.63, 3.8) is 0 Å². The summed E-state index contributed by atoms with van der Waals surface area (Å²) in [7, 11) is 0. The van der Waals surface area contributed by atoms with E-state index >= 15 is 0 Å². The van der Waals surface area contributed by atoms with E-state index in [2.05, 4.69) is 62.0 Å². The molecule has 3 atom stereocenters. The minimum Gasteiger partial charge on any atom is -0.653 e. The second kappa shape index (κ2) is 28.2. The van der Waals surface area contributed by atoms with Crippen molar-refractivity contribution in [1.29, 1.82) is 0 Å². The second-order valence-electron chi connectivity index (χ2n) is 11.1. The van der Waals surface area contributed by atoms with E-state index in [4.69, 9.17) is 32.8 Å². The molecule has 2 saturated heterocycles. The molecule has 0 aromatic heterocycles. The molecule has 3 unspecified atom stereocenters. The molecule has 1 radical (unpaired) electrons. The van der Waals surface area contributed by atoms with Gasteiger partial charge in [0.15, 0.2) is 0 Å². The molecular formula is C30H52N15Ni2O3+2. The zero-order valence-corrected chi connectivity index (χ0v) is 31.5. The van der Waals surface area contributed by atoms with E-state index in [1.165, 1.54) is 0 Å². The van der Waals surface area contributed by atoms with Crippen LogP contribution in [0, 0.1) is 0 Å². The van der Waals surface area contributed by atoms with Gasteiger partial charge in [0, 0.05) is 0 Å². The molecule has 0 aromatic carbocycles. The monoisotopic (exact) mass is 786 g/mol. The van der Waals surface area contributed by atoms with Gasteiger partial charge in [-0.05, 0) is 41.5 Å². The third-order valence-electron chi connectivity index (χ3n) is 7.36. The molecule has 3 aliphatic rings. The smallest absolute Gasteiger partial charge is 0.653 e. The van der Waals surface area contributed by atoms with Crippen LogP contribution in [0.15, 0.2) is 58.2 Å². The molecule has 18 nitrogen and oxygen atoms in total. The van der Waals surface area contributed by atoms with Crippen LogP contribution >= 0.6 is 0 Å². The molecule has 283 valence electrons. The number of piperidine rings is 2. The summed E-state index contributed by atoms with van der Waals surface area (Å²) in [6.45, 7) is 12.5. The Morgan fingerprint density at radius 1 is 0.540 bits per heavy atom. The van der Waals surface area contributed by atoms with Crippen molar-refractivity contribution in [2.45, 2.75) is 105 Å². The fourth-order valence-electron chi connectivity index (χ4n) is 3.85. The first kappa shape index (κ1) is 48.6. The van der Waals surface area contributed by atoms with Crippen molar-refractivity contribution in [2.75, 3.05) is 19.6 Å². The van der Waals surface area contributed by atoms with Crippen molar-refractivity contribution in [3.8, 4) is 0 Å². The van der Waals surface area contributed by atoms with Crippen LogP contribution in [0.3, 0.4) is 0 Å². The summed E-state index contributed by atoms with van der Waals surface area (Å²) >= 11 is 0. The van der Waals surface area contributed by atoms with Crippen molar-refractivity contribution in [1.82, 2.24) is 0 Å². The maximum atomic E-state index is 8.53. The minimum absolute atomic E-state index is 0. The molecular weight excluding hydrogens is 736 g/mol. The topological polar surface area (TPSA) is 292 Å². The Morgan fingerprint density at radius 2 is 0.920 bits per heavy atom. The molecule has 0 amide bonds. The van der Waals surface area contributed by atoms with Crippen LogP contribution in [-0.4, -0.2) is 105 Å². The fraction of sp³-hybridized carbons (Fsp3) is 0.633. The first-order valence-electron chi connectivity index (χ1n) is 15.8. The Labute approximate surface area is 315 Å². The summed E-state index contributed by atoms with van der Waals surface area (Å²) in [5.41, 5.74) is 20.2. The SMILES string of the molecule is CC(=NO)C(C)=NN=C(N)C1C=CCC[N-]1.CC(=NO)C(C)=NN=C(N)C1CCCC[N-]1.CC(=NO)C(C)=NN=C(N)C1CCCC[N-]1.[Ni+2].[Ni+3]. The number of oxime groups is 3. The van der Waals surface area contributed by atoms with Gasteiger partial charge in [-0.2, -0.15) is 15.3 Å². The average molecular weight is 788 g/mol. The van der Waals surface area contributed by atoms with Crippen LogP contribution in [0.4, 0.5) is 0 Å². The van der Waals surface area contributed by atoms with Crippen LogP contribution in [0.5, 0.6) is 0 Å². The largest absolute Gasteiger partial charge is 3.00 e. The van der Waals surface area contributed by atoms with E-state index in [0.717, 1.165) is 64.6 Å². The van der Waals surface area contributed by atoms with Crippen LogP contribution in [0.25, 0.3) is 16.0 Å². The summed E-state index contributed by atoms with van der Waals surface area (Å²) in [6, 6.07) is -0.190. The molecule has 50 heavy (non-hydrogen) atoms. The van der Waals surface area contributed by atoms with E-state index in [1.807, 2.05) is 12.2 Å². The minimum atomic E-state index is -0.184. The third kappa shape index (κ3) is 19.6. The molecule has 20 heteroatoms. The number of hydrogen-bond donors (Lipinski definition) is 6. The molecule has 3 rings (SSSR count). The van der Waals surface area contributed by atoms with Gasteiger partial charge in [0.25, 0.3) is 0 Å². The van der Waals surface area contributed by atoms with Gasteiger partial charge in [-0.15, -0.1) is 34.9 Å². The zero-order valence-electron chi connectivity index (χ0n) is 29.5. The fourth-order valence-corrected chi connectivity index (χ4v) is 3.85. The van der Waals surface area contributed by atoms with Crippen LogP contribution < -0.4 is 17.2 Å². The summed E-state index contributed by atoms with van der Waals surface area (Å²) < 4.78 is 0. The molecule has 3 heterocycles. The van der Waals surface area contributed by atoms with E-state index in [1.54, 1.807) is 41.5 Å².